The van der Waals surface area contributed by atoms with Crippen LogP contribution >= 0.6 is 15.9 Å². The number of nitrogens with zero attached hydrogens (tertiary/aromatic N) is 3. The van der Waals surface area contributed by atoms with E-state index in [0.29, 0.717) is 18.5 Å². The minimum absolute atomic E-state index is 0.0661. The molecule has 21 heavy (non-hydrogen) atoms. The van der Waals surface area contributed by atoms with Crippen molar-refractivity contribution in [2.75, 3.05) is 11.1 Å². The van der Waals surface area contributed by atoms with E-state index >= 15 is 0 Å². The molecule has 0 aliphatic carbocycles. The summed E-state index contributed by atoms with van der Waals surface area (Å²) >= 11 is 3.32. The van der Waals surface area contributed by atoms with Crippen LogP contribution in [-0.4, -0.2) is 39.9 Å². The Morgan fingerprint density at radius 3 is 3.00 bits per heavy atom. The van der Waals surface area contributed by atoms with Gasteiger partial charge in [-0.2, -0.15) is 4.98 Å². The normalized spacial score (nSPS) is 21.3. The fourth-order valence-electron chi connectivity index (χ4n) is 2.35. The van der Waals surface area contributed by atoms with Crippen LogP contribution in [-0.2, 0) is 14.6 Å². The molecule has 3 heterocycles. The molecule has 1 saturated heterocycles. The maximum absolute atomic E-state index is 12.1. The summed E-state index contributed by atoms with van der Waals surface area (Å²) < 4.78 is 26.2. The number of carbonyl (C=O) groups is 1. The van der Waals surface area contributed by atoms with Crippen molar-refractivity contribution < 1.29 is 13.2 Å². The highest BCUT2D eigenvalue weighted by molar-refractivity contribution is 9.10. The van der Waals surface area contributed by atoms with Crippen molar-refractivity contribution in [1.29, 1.82) is 0 Å². The quantitative estimate of drug-likeness (QED) is 0.859. The molecule has 1 N–H and O–H groups in total. The van der Waals surface area contributed by atoms with E-state index < -0.39 is 21.0 Å². The van der Waals surface area contributed by atoms with E-state index in [1.54, 1.807) is 18.3 Å². The molecule has 0 saturated carbocycles. The summed E-state index contributed by atoms with van der Waals surface area (Å²) in [4.78, 5) is 16.3. The van der Waals surface area contributed by atoms with Crippen molar-refractivity contribution in [2.45, 2.75) is 24.5 Å². The number of amides is 1. The van der Waals surface area contributed by atoms with Crippen molar-refractivity contribution in [2.24, 2.45) is 0 Å². The van der Waals surface area contributed by atoms with E-state index in [1.165, 1.54) is 4.52 Å². The van der Waals surface area contributed by atoms with Crippen LogP contribution in [0.4, 0.5) is 5.95 Å². The Balaban J connectivity index is 1.82. The summed E-state index contributed by atoms with van der Waals surface area (Å²) in [7, 11) is -3.36. The van der Waals surface area contributed by atoms with Gasteiger partial charge in [-0.05, 0) is 25.0 Å². The van der Waals surface area contributed by atoms with Gasteiger partial charge in [0, 0.05) is 10.7 Å². The summed E-state index contributed by atoms with van der Waals surface area (Å²) in [5.74, 6) is -0.375. The zero-order valence-electron chi connectivity index (χ0n) is 11.0. The number of hydrogen-bond donors (Lipinski definition) is 1. The highest BCUT2D eigenvalue weighted by atomic mass is 79.9. The lowest BCUT2D eigenvalue weighted by Crippen LogP contribution is -2.39. The second-order valence-corrected chi connectivity index (χ2v) is 8.14. The Hall–Kier alpha value is -1.48. The Morgan fingerprint density at radius 2 is 2.24 bits per heavy atom. The van der Waals surface area contributed by atoms with E-state index in [0.717, 1.165) is 10.9 Å². The van der Waals surface area contributed by atoms with Gasteiger partial charge in [-0.25, -0.2) is 12.9 Å². The molecule has 1 atom stereocenters. The number of halogens is 1. The van der Waals surface area contributed by atoms with Gasteiger partial charge in [-0.3, -0.25) is 10.1 Å². The number of fused-ring (bicyclic) bond motifs is 1. The van der Waals surface area contributed by atoms with Gasteiger partial charge in [0.2, 0.25) is 11.9 Å². The molecule has 7 nitrogen and oxygen atoms in total. The molecular formula is C12H13BrN4O3S. The van der Waals surface area contributed by atoms with Gasteiger partial charge in [0.1, 0.15) is 5.25 Å². The first-order chi connectivity index (χ1) is 9.95. The molecule has 0 bridgehead atoms. The lowest BCUT2D eigenvalue weighted by atomic mass is 10.2. The molecule has 9 heteroatoms. The largest absolute Gasteiger partial charge is 0.292 e. The van der Waals surface area contributed by atoms with Gasteiger partial charge in [0.05, 0.1) is 5.75 Å². The molecule has 0 radical (unpaired) electrons. The first-order valence-corrected chi connectivity index (χ1v) is 9.01. The summed E-state index contributed by atoms with van der Waals surface area (Å²) in [5, 5.41) is 5.60. The number of nitrogens with one attached hydrogen (secondary N) is 1. The molecule has 1 aliphatic heterocycles. The van der Waals surface area contributed by atoms with Crippen LogP contribution in [0.3, 0.4) is 0 Å². The molecule has 3 rings (SSSR count). The van der Waals surface area contributed by atoms with E-state index in [-0.39, 0.29) is 11.7 Å². The van der Waals surface area contributed by atoms with Gasteiger partial charge in [0.25, 0.3) is 0 Å². The van der Waals surface area contributed by atoms with Crippen molar-refractivity contribution in [3.8, 4) is 0 Å². The lowest BCUT2D eigenvalue weighted by molar-refractivity contribution is -0.116. The van der Waals surface area contributed by atoms with E-state index in [4.69, 9.17) is 0 Å². The minimum atomic E-state index is -3.36. The number of hydrogen-bond acceptors (Lipinski definition) is 5. The number of aromatic nitrogens is 3. The predicted molar refractivity (Wildman–Crippen MR) is 80.7 cm³/mol. The predicted octanol–water partition coefficient (Wildman–Crippen LogP) is 1.40. The van der Waals surface area contributed by atoms with Crippen LogP contribution in [0.5, 0.6) is 0 Å². The summed E-state index contributed by atoms with van der Waals surface area (Å²) in [6.07, 6.45) is 3.40. The van der Waals surface area contributed by atoms with Gasteiger partial charge in [-0.15, -0.1) is 5.10 Å². The summed E-state index contributed by atoms with van der Waals surface area (Å²) in [6.45, 7) is 0. The number of rotatable bonds is 2. The average Bonchev–Trinajstić information content (AvgIpc) is 2.79. The van der Waals surface area contributed by atoms with E-state index in [9.17, 15) is 13.2 Å². The zero-order chi connectivity index (χ0) is 15.0. The van der Waals surface area contributed by atoms with Crippen LogP contribution in [0, 0.1) is 0 Å². The SMILES string of the molecule is O=C(Nc1nc2cc(Br)ccn2n1)C1CCCCS1(=O)=O. The second-order valence-electron chi connectivity index (χ2n) is 4.92. The maximum Gasteiger partial charge on any atom is 0.249 e. The van der Waals surface area contributed by atoms with Crippen molar-refractivity contribution in [1.82, 2.24) is 14.6 Å². The highest BCUT2D eigenvalue weighted by Crippen LogP contribution is 2.21. The third-order valence-corrected chi connectivity index (χ3v) is 6.07. The van der Waals surface area contributed by atoms with Gasteiger partial charge in [0.15, 0.2) is 15.5 Å². The monoisotopic (exact) mass is 372 g/mol. The first kappa shape index (κ1) is 14.5. The number of sulfone groups is 1. The van der Waals surface area contributed by atoms with Gasteiger partial charge in [-0.1, -0.05) is 22.4 Å². The molecule has 2 aromatic heterocycles. The smallest absolute Gasteiger partial charge is 0.249 e. The number of pyridine rings is 1. The van der Waals surface area contributed by atoms with Gasteiger partial charge < -0.3 is 0 Å². The third-order valence-electron chi connectivity index (χ3n) is 3.41. The Morgan fingerprint density at radius 1 is 1.43 bits per heavy atom. The van der Waals surface area contributed by atoms with Crippen LogP contribution in [0.15, 0.2) is 22.8 Å². The fraction of sp³-hybridized carbons (Fsp3) is 0.417. The Kier molecular flexibility index (Phi) is 3.70. The number of anilines is 1. The van der Waals surface area contributed by atoms with E-state index in [1.807, 2.05) is 0 Å². The number of carbonyl (C=O) groups excluding carboxylic acids is 1. The van der Waals surface area contributed by atoms with Crippen molar-refractivity contribution in [3.63, 3.8) is 0 Å². The molecule has 112 valence electrons. The van der Waals surface area contributed by atoms with Gasteiger partial charge >= 0.3 is 0 Å². The Bertz CT molecular complexity index is 802. The minimum Gasteiger partial charge on any atom is -0.292 e. The maximum atomic E-state index is 12.1. The summed E-state index contributed by atoms with van der Waals surface area (Å²) in [5.41, 5.74) is 0.561. The molecule has 1 amide bonds. The summed E-state index contributed by atoms with van der Waals surface area (Å²) in [6, 6.07) is 3.54. The third kappa shape index (κ3) is 2.93. The lowest BCUT2D eigenvalue weighted by Gasteiger charge is -2.20. The molecule has 0 spiro atoms. The van der Waals surface area contributed by atoms with E-state index in [2.05, 4.69) is 31.3 Å². The van der Waals surface area contributed by atoms with Crippen molar-refractivity contribution >= 4 is 43.3 Å². The standard InChI is InChI=1S/C12H13BrN4O3S/c13-8-4-5-17-10(7-8)14-12(16-17)15-11(18)9-3-1-2-6-21(9,19)20/h4-5,7,9H,1-3,6H2,(H,15,16,18). The molecule has 2 aromatic rings. The topological polar surface area (TPSA) is 93.4 Å². The van der Waals surface area contributed by atoms with Crippen LogP contribution in [0.1, 0.15) is 19.3 Å². The Labute approximate surface area is 129 Å². The molecule has 1 aliphatic rings. The average molecular weight is 373 g/mol. The fourth-order valence-corrected chi connectivity index (χ4v) is 4.47. The zero-order valence-corrected chi connectivity index (χ0v) is 13.4. The molecular weight excluding hydrogens is 360 g/mol. The second kappa shape index (κ2) is 5.38. The van der Waals surface area contributed by atoms with Crippen LogP contribution < -0.4 is 5.32 Å². The molecule has 0 aromatic carbocycles. The first-order valence-electron chi connectivity index (χ1n) is 6.50. The highest BCUT2D eigenvalue weighted by Gasteiger charge is 2.35. The molecule has 1 unspecified atom stereocenters. The molecule has 1 fully saturated rings. The van der Waals surface area contributed by atoms with Crippen molar-refractivity contribution in [3.05, 3.63) is 22.8 Å². The van der Waals surface area contributed by atoms with Crippen LogP contribution in [0.2, 0.25) is 0 Å². The van der Waals surface area contributed by atoms with Crippen LogP contribution in [0.25, 0.3) is 5.65 Å².